The van der Waals surface area contributed by atoms with Crippen LogP contribution in [0.2, 0.25) is 0 Å². The Morgan fingerprint density at radius 2 is 2.00 bits per heavy atom. The van der Waals surface area contributed by atoms with Crippen molar-refractivity contribution in [3.05, 3.63) is 65.1 Å². The molecule has 0 bridgehead atoms. The van der Waals surface area contributed by atoms with Crippen LogP contribution in [0.25, 0.3) is 0 Å². The maximum atomic E-state index is 12.7. The molecule has 0 radical (unpaired) electrons. The number of nitrogens with zero attached hydrogens (tertiary/aromatic N) is 5. The molecule has 3 heterocycles. The highest BCUT2D eigenvalue weighted by Crippen LogP contribution is 2.24. The lowest BCUT2D eigenvalue weighted by Crippen LogP contribution is -2.50. The summed E-state index contributed by atoms with van der Waals surface area (Å²) in [5.74, 6) is -0.172. The molecule has 10 nitrogen and oxygen atoms in total. The number of aliphatic hydroxyl groups is 1. The van der Waals surface area contributed by atoms with Crippen LogP contribution in [0.3, 0.4) is 0 Å². The van der Waals surface area contributed by atoms with Crippen LogP contribution in [0, 0.1) is 0 Å². The number of pyridine rings is 1. The molecule has 3 aromatic rings. The van der Waals surface area contributed by atoms with Crippen molar-refractivity contribution >= 4 is 5.91 Å². The van der Waals surface area contributed by atoms with Gasteiger partial charge in [0.2, 0.25) is 0 Å². The van der Waals surface area contributed by atoms with Crippen LogP contribution in [-0.4, -0.2) is 41.2 Å². The highest BCUT2D eigenvalue weighted by atomic mass is 16.5. The molecule has 3 N–H and O–H groups in total. The first-order chi connectivity index (χ1) is 13.6. The van der Waals surface area contributed by atoms with Crippen LogP contribution < -0.4 is 16.0 Å². The maximum absolute atomic E-state index is 12.7. The lowest BCUT2D eigenvalue weighted by Gasteiger charge is -2.25. The summed E-state index contributed by atoms with van der Waals surface area (Å²) in [6.45, 7) is 4.92. The molecule has 10 heteroatoms. The molecule has 0 saturated carbocycles. The fourth-order valence-electron chi connectivity index (χ4n) is 2.77. The van der Waals surface area contributed by atoms with Crippen molar-refractivity contribution in [1.29, 1.82) is 0 Å². The average molecular weight is 398 g/mol. The van der Waals surface area contributed by atoms with Gasteiger partial charge in [-0.05, 0) is 39.0 Å². The summed E-state index contributed by atoms with van der Waals surface area (Å²) in [7, 11) is 0. The maximum Gasteiger partial charge on any atom is 0.271 e. The number of carbonyl (C=O) groups is 1. The van der Waals surface area contributed by atoms with E-state index in [4.69, 9.17) is 10.5 Å². The summed E-state index contributed by atoms with van der Waals surface area (Å²) in [5.41, 5.74) is 2.62. The first-order valence-corrected chi connectivity index (χ1v) is 8.83. The van der Waals surface area contributed by atoms with Gasteiger partial charge in [0.15, 0.2) is 11.3 Å². The van der Waals surface area contributed by atoms with E-state index in [9.17, 15) is 14.7 Å². The smallest absolute Gasteiger partial charge is 0.271 e. The van der Waals surface area contributed by atoms with E-state index in [1.54, 1.807) is 44.4 Å². The van der Waals surface area contributed by atoms with Gasteiger partial charge in [0.25, 0.3) is 11.5 Å². The zero-order chi connectivity index (χ0) is 21.2. The van der Waals surface area contributed by atoms with Crippen LogP contribution in [0.4, 0.5) is 0 Å². The number of carbonyl (C=O) groups excluding carboxylic acids is 1. The van der Waals surface area contributed by atoms with Crippen molar-refractivity contribution < 1.29 is 14.6 Å². The van der Waals surface area contributed by atoms with Crippen molar-refractivity contribution in [2.75, 3.05) is 0 Å². The molecule has 0 saturated heterocycles. The average Bonchev–Trinajstić information content (AvgIpc) is 3.09. The molecule has 1 amide bonds. The van der Waals surface area contributed by atoms with E-state index in [0.29, 0.717) is 5.75 Å². The van der Waals surface area contributed by atoms with Crippen LogP contribution in [-0.2, 0) is 16.9 Å². The topological polar surface area (TPSA) is 138 Å². The Hall–Kier alpha value is -3.53. The lowest BCUT2D eigenvalue weighted by molar-refractivity contribution is -0.124. The van der Waals surface area contributed by atoms with Gasteiger partial charge in [-0.1, -0.05) is 0 Å². The highest BCUT2D eigenvalue weighted by molar-refractivity contribution is 5.85. The van der Waals surface area contributed by atoms with Gasteiger partial charge in [0, 0.05) is 18.5 Å². The quantitative estimate of drug-likeness (QED) is 0.596. The molecule has 0 fully saturated rings. The van der Waals surface area contributed by atoms with E-state index >= 15 is 0 Å². The number of amides is 1. The third-order valence-electron chi connectivity index (χ3n) is 4.24. The number of rotatable bonds is 7. The van der Waals surface area contributed by atoms with Crippen molar-refractivity contribution in [1.82, 2.24) is 24.5 Å². The van der Waals surface area contributed by atoms with Crippen molar-refractivity contribution in [2.45, 2.75) is 38.5 Å². The SMILES string of the molecule is CC(C)(O)Cn1ccc(C(C)(C(N)=O)n2ncc(Oc3cccnc3)cc2=O)n1. The third-order valence-corrected chi connectivity index (χ3v) is 4.24. The number of aromatic nitrogens is 5. The molecule has 0 aliphatic carbocycles. The normalized spacial score (nSPS) is 13.7. The molecule has 0 spiro atoms. The molecule has 0 aliphatic rings. The van der Waals surface area contributed by atoms with Gasteiger partial charge >= 0.3 is 0 Å². The van der Waals surface area contributed by atoms with Crippen molar-refractivity contribution in [3.8, 4) is 11.5 Å². The largest absolute Gasteiger partial charge is 0.454 e. The monoisotopic (exact) mass is 398 g/mol. The molecule has 29 heavy (non-hydrogen) atoms. The van der Waals surface area contributed by atoms with Crippen LogP contribution >= 0.6 is 0 Å². The van der Waals surface area contributed by atoms with Gasteiger partial charge in [-0.3, -0.25) is 19.3 Å². The third kappa shape index (κ3) is 4.32. The summed E-state index contributed by atoms with van der Waals surface area (Å²) in [4.78, 5) is 29.0. The minimum Gasteiger partial charge on any atom is -0.454 e. The summed E-state index contributed by atoms with van der Waals surface area (Å²) in [6.07, 6.45) is 6.00. The number of ether oxygens (including phenoxy) is 1. The van der Waals surface area contributed by atoms with Crippen LogP contribution in [0.5, 0.6) is 11.5 Å². The Balaban J connectivity index is 1.97. The van der Waals surface area contributed by atoms with E-state index < -0.39 is 22.6 Å². The second-order valence-corrected chi connectivity index (χ2v) is 7.38. The second kappa shape index (κ2) is 7.47. The summed E-state index contributed by atoms with van der Waals surface area (Å²) in [5, 5.41) is 18.4. The minimum absolute atomic E-state index is 0.193. The van der Waals surface area contributed by atoms with Crippen molar-refractivity contribution in [2.24, 2.45) is 5.73 Å². The van der Waals surface area contributed by atoms with E-state index in [0.717, 1.165) is 4.68 Å². The Morgan fingerprint density at radius 3 is 2.59 bits per heavy atom. The predicted molar refractivity (Wildman–Crippen MR) is 103 cm³/mol. The molecule has 1 unspecified atom stereocenters. The van der Waals surface area contributed by atoms with Crippen LogP contribution in [0.1, 0.15) is 26.5 Å². The van der Waals surface area contributed by atoms with Gasteiger partial charge in [-0.25, -0.2) is 4.68 Å². The van der Waals surface area contributed by atoms with E-state index in [-0.39, 0.29) is 18.0 Å². The minimum atomic E-state index is -1.63. The first kappa shape index (κ1) is 20.2. The zero-order valence-corrected chi connectivity index (χ0v) is 16.3. The number of primary amides is 1. The fourth-order valence-corrected chi connectivity index (χ4v) is 2.77. The molecular formula is C19H22N6O4. The highest BCUT2D eigenvalue weighted by Gasteiger charge is 2.40. The zero-order valence-electron chi connectivity index (χ0n) is 16.3. The molecule has 152 valence electrons. The molecular weight excluding hydrogens is 376 g/mol. The fraction of sp³-hybridized carbons (Fsp3) is 0.316. The van der Waals surface area contributed by atoms with Gasteiger partial charge in [-0.15, -0.1) is 0 Å². The lowest BCUT2D eigenvalue weighted by atomic mass is 9.97. The molecule has 3 rings (SSSR count). The van der Waals surface area contributed by atoms with E-state index in [1.165, 1.54) is 30.1 Å². The Morgan fingerprint density at radius 1 is 1.24 bits per heavy atom. The molecule has 0 aromatic carbocycles. The van der Waals surface area contributed by atoms with E-state index in [1.807, 2.05) is 0 Å². The van der Waals surface area contributed by atoms with E-state index in [2.05, 4.69) is 15.2 Å². The molecule has 0 aliphatic heterocycles. The number of nitrogens with two attached hydrogens (primary N) is 1. The Kier molecular flexibility index (Phi) is 5.21. The van der Waals surface area contributed by atoms with Gasteiger partial charge in [-0.2, -0.15) is 10.2 Å². The van der Waals surface area contributed by atoms with Crippen LogP contribution in [0.15, 0.2) is 53.8 Å². The number of hydrogen-bond donors (Lipinski definition) is 2. The summed E-state index contributed by atoms with van der Waals surface area (Å²) in [6, 6.07) is 6.14. The number of hydrogen-bond acceptors (Lipinski definition) is 7. The van der Waals surface area contributed by atoms with Gasteiger partial charge in [0.05, 0.1) is 30.2 Å². The Bertz CT molecular complexity index is 1070. The standard InChI is InChI=1S/C19H22N6O4/c1-18(2,28)12-24-8-6-15(23-24)19(3,17(20)27)25-16(26)9-14(11-22-25)29-13-5-4-7-21-10-13/h4-11,28H,12H2,1-3H3,(H2,20,27). The predicted octanol–water partition coefficient (Wildman–Crippen LogP) is 0.647. The summed E-state index contributed by atoms with van der Waals surface area (Å²) >= 11 is 0. The van der Waals surface area contributed by atoms with Crippen molar-refractivity contribution in [3.63, 3.8) is 0 Å². The Labute approximate surface area is 166 Å². The van der Waals surface area contributed by atoms with Gasteiger partial charge < -0.3 is 15.6 Å². The van der Waals surface area contributed by atoms with Gasteiger partial charge in [0.1, 0.15) is 5.75 Å². The molecule has 1 atom stereocenters. The second-order valence-electron chi connectivity index (χ2n) is 7.38. The summed E-state index contributed by atoms with van der Waals surface area (Å²) < 4.78 is 7.98. The first-order valence-electron chi connectivity index (χ1n) is 8.83. The molecule has 3 aromatic heterocycles.